The largest absolute Gasteiger partial charge is 0.481 e. The lowest BCUT2D eigenvalue weighted by Crippen LogP contribution is -2.35. The van der Waals surface area contributed by atoms with Gasteiger partial charge in [-0.15, -0.1) is 0 Å². The molecule has 1 aliphatic rings. The summed E-state index contributed by atoms with van der Waals surface area (Å²) in [6.45, 7) is 6.57. The van der Waals surface area contributed by atoms with Gasteiger partial charge in [-0.05, 0) is 30.1 Å². The van der Waals surface area contributed by atoms with Crippen molar-refractivity contribution in [2.24, 2.45) is 10.8 Å². The van der Waals surface area contributed by atoms with E-state index in [-0.39, 0.29) is 10.8 Å². The van der Waals surface area contributed by atoms with Crippen LogP contribution in [0.3, 0.4) is 0 Å². The van der Waals surface area contributed by atoms with Crippen LogP contribution in [0.2, 0.25) is 0 Å². The summed E-state index contributed by atoms with van der Waals surface area (Å²) in [5.41, 5.74) is 0.389. The summed E-state index contributed by atoms with van der Waals surface area (Å²) >= 11 is 0. The maximum absolute atomic E-state index is 10.7. The summed E-state index contributed by atoms with van der Waals surface area (Å²) in [5.74, 6) is -0.635. The molecule has 0 unspecified atom stereocenters. The van der Waals surface area contributed by atoms with Crippen molar-refractivity contribution in [3.05, 3.63) is 0 Å². The van der Waals surface area contributed by atoms with Gasteiger partial charge in [-0.2, -0.15) is 0 Å². The topological polar surface area (TPSA) is 37.3 Å². The van der Waals surface area contributed by atoms with Gasteiger partial charge in [-0.25, -0.2) is 0 Å². The molecule has 2 nitrogen and oxygen atoms in total. The Bertz CT molecular complexity index is 197. The van der Waals surface area contributed by atoms with Gasteiger partial charge in [-0.1, -0.05) is 27.2 Å². The third-order valence-electron chi connectivity index (χ3n) is 2.85. The molecule has 0 aromatic rings. The third-order valence-corrected chi connectivity index (χ3v) is 2.85. The van der Waals surface area contributed by atoms with E-state index >= 15 is 0 Å². The molecule has 0 saturated heterocycles. The molecule has 1 aliphatic carbocycles. The molecule has 0 aromatic carbocycles. The normalized spacial score (nSPS) is 20.8. The molecule has 2 heteroatoms. The lowest BCUT2D eigenvalue weighted by molar-refractivity contribution is -0.142. The molecule has 13 heavy (non-hydrogen) atoms. The Kier molecular flexibility index (Phi) is 2.69. The van der Waals surface area contributed by atoms with E-state index in [1.165, 1.54) is 6.42 Å². The van der Waals surface area contributed by atoms with E-state index in [1.54, 1.807) is 0 Å². The van der Waals surface area contributed by atoms with Crippen LogP contribution in [-0.4, -0.2) is 11.1 Å². The zero-order valence-corrected chi connectivity index (χ0v) is 8.89. The minimum Gasteiger partial charge on any atom is -0.481 e. The Labute approximate surface area is 80.3 Å². The average molecular weight is 184 g/mol. The standard InChI is InChI=1S/C11H20O2/c1-10(2,3)8-11(5-4-6-11)7-9(12)13/h4-8H2,1-3H3,(H,12,13). The number of carboxylic acids is 1. The highest BCUT2D eigenvalue weighted by atomic mass is 16.4. The minimum absolute atomic E-state index is 0.129. The van der Waals surface area contributed by atoms with Crippen LogP contribution in [0.1, 0.15) is 52.9 Å². The van der Waals surface area contributed by atoms with Crippen LogP contribution in [0.4, 0.5) is 0 Å². The molecule has 0 atom stereocenters. The van der Waals surface area contributed by atoms with Gasteiger partial charge in [0, 0.05) is 0 Å². The Morgan fingerprint density at radius 1 is 1.38 bits per heavy atom. The first-order valence-corrected chi connectivity index (χ1v) is 5.05. The van der Waals surface area contributed by atoms with Crippen LogP contribution >= 0.6 is 0 Å². The SMILES string of the molecule is CC(C)(C)CC1(CC(=O)O)CCC1. The van der Waals surface area contributed by atoms with Crippen LogP contribution in [0, 0.1) is 10.8 Å². The summed E-state index contributed by atoms with van der Waals surface area (Å²) in [6.07, 6.45) is 4.84. The Morgan fingerprint density at radius 2 is 1.92 bits per heavy atom. The molecule has 1 N–H and O–H groups in total. The van der Waals surface area contributed by atoms with E-state index in [0.29, 0.717) is 6.42 Å². The molecule has 0 aliphatic heterocycles. The number of hydrogen-bond donors (Lipinski definition) is 1. The number of rotatable bonds is 3. The summed E-state index contributed by atoms with van der Waals surface area (Å²) in [7, 11) is 0. The van der Waals surface area contributed by atoms with Crippen LogP contribution in [0.5, 0.6) is 0 Å². The van der Waals surface area contributed by atoms with Crippen molar-refractivity contribution in [3.63, 3.8) is 0 Å². The molecule has 1 saturated carbocycles. The van der Waals surface area contributed by atoms with E-state index in [0.717, 1.165) is 19.3 Å². The molecule has 0 spiro atoms. The summed E-state index contributed by atoms with van der Waals surface area (Å²) in [4.78, 5) is 10.7. The van der Waals surface area contributed by atoms with Gasteiger partial charge in [0.2, 0.25) is 0 Å². The average Bonchev–Trinajstić information content (AvgIpc) is 1.78. The number of aliphatic carboxylic acids is 1. The van der Waals surface area contributed by atoms with Gasteiger partial charge in [0.1, 0.15) is 0 Å². The highest BCUT2D eigenvalue weighted by molar-refractivity contribution is 5.67. The lowest BCUT2D eigenvalue weighted by atomic mass is 9.60. The molecule has 1 fully saturated rings. The molecule has 1 rings (SSSR count). The predicted octanol–water partition coefficient (Wildman–Crippen LogP) is 3.07. The summed E-state index contributed by atoms with van der Waals surface area (Å²) in [5, 5.41) is 8.81. The third kappa shape index (κ3) is 3.02. The van der Waals surface area contributed by atoms with Gasteiger partial charge >= 0.3 is 5.97 Å². The zero-order valence-electron chi connectivity index (χ0n) is 8.89. The predicted molar refractivity (Wildman–Crippen MR) is 52.6 cm³/mol. The second-order valence-electron chi connectivity index (χ2n) is 5.66. The molecule has 76 valence electrons. The second kappa shape index (κ2) is 3.32. The van der Waals surface area contributed by atoms with Gasteiger partial charge in [-0.3, -0.25) is 4.79 Å². The summed E-state index contributed by atoms with van der Waals surface area (Å²) < 4.78 is 0. The molecule has 0 heterocycles. The molecule has 0 amide bonds. The van der Waals surface area contributed by atoms with Gasteiger partial charge < -0.3 is 5.11 Å². The first-order chi connectivity index (χ1) is 5.83. The van der Waals surface area contributed by atoms with E-state index in [4.69, 9.17) is 5.11 Å². The van der Waals surface area contributed by atoms with E-state index in [9.17, 15) is 4.79 Å². The van der Waals surface area contributed by atoms with Crippen molar-refractivity contribution < 1.29 is 9.90 Å². The molecule has 0 radical (unpaired) electrons. The monoisotopic (exact) mass is 184 g/mol. The second-order valence-corrected chi connectivity index (χ2v) is 5.66. The first kappa shape index (κ1) is 10.6. The highest BCUT2D eigenvalue weighted by Crippen LogP contribution is 2.51. The van der Waals surface area contributed by atoms with Gasteiger partial charge in [0.15, 0.2) is 0 Å². The van der Waals surface area contributed by atoms with Crippen molar-refractivity contribution in [2.45, 2.75) is 52.9 Å². The quantitative estimate of drug-likeness (QED) is 0.732. The minimum atomic E-state index is -0.635. The first-order valence-electron chi connectivity index (χ1n) is 5.05. The van der Waals surface area contributed by atoms with Crippen molar-refractivity contribution >= 4 is 5.97 Å². The molecule has 0 bridgehead atoms. The Balaban J connectivity index is 2.55. The van der Waals surface area contributed by atoms with Crippen molar-refractivity contribution in [3.8, 4) is 0 Å². The van der Waals surface area contributed by atoms with Gasteiger partial charge in [0.05, 0.1) is 6.42 Å². The van der Waals surface area contributed by atoms with E-state index in [1.807, 2.05) is 0 Å². The van der Waals surface area contributed by atoms with Crippen LogP contribution in [0.25, 0.3) is 0 Å². The van der Waals surface area contributed by atoms with E-state index in [2.05, 4.69) is 20.8 Å². The Hall–Kier alpha value is -0.530. The highest BCUT2D eigenvalue weighted by Gasteiger charge is 2.41. The number of carbonyl (C=O) groups is 1. The molecular weight excluding hydrogens is 164 g/mol. The Morgan fingerprint density at radius 3 is 2.15 bits per heavy atom. The van der Waals surface area contributed by atoms with Crippen molar-refractivity contribution in [1.29, 1.82) is 0 Å². The van der Waals surface area contributed by atoms with Crippen molar-refractivity contribution in [2.75, 3.05) is 0 Å². The van der Waals surface area contributed by atoms with Crippen LogP contribution < -0.4 is 0 Å². The van der Waals surface area contributed by atoms with Crippen LogP contribution in [0.15, 0.2) is 0 Å². The summed E-state index contributed by atoms with van der Waals surface area (Å²) in [6, 6.07) is 0. The van der Waals surface area contributed by atoms with Gasteiger partial charge in [0.25, 0.3) is 0 Å². The maximum atomic E-state index is 10.7. The lowest BCUT2D eigenvalue weighted by Gasteiger charge is -2.45. The molecule has 0 aromatic heterocycles. The fraction of sp³-hybridized carbons (Fsp3) is 0.909. The van der Waals surface area contributed by atoms with E-state index < -0.39 is 5.97 Å². The van der Waals surface area contributed by atoms with Crippen LogP contribution in [-0.2, 0) is 4.79 Å². The smallest absolute Gasteiger partial charge is 0.303 e. The fourth-order valence-electron chi connectivity index (χ4n) is 2.54. The maximum Gasteiger partial charge on any atom is 0.303 e. The zero-order chi connectivity index (χ0) is 10.1. The number of carboxylic acid groups (broad SMARTS) is 1. The number of hydrogen-bond acceptors (Lipinski definition) is 1. The van der Waals surface area contributed by atoms with Crippen molar-refractivity contribution in [1.82, 2.24) is 0 Å². The molecular formula is C11H20O2. The fourth-order valence-corrected chi connectivity index (χ4v) is 2.54.